The molecule has 1 aromatic carbocycles. The van der Waals surface area contributed by atoms with E-state index >= 15 is 0 Å². The summed E-state index contributed by atoms with van der Waals surface area (Å²) in [7, 11) is 0. The molecule has 93 valence electrons. The standard InChI is InChI=1S/C13H16N3O.Y/c17-13-15-12-4-2-1-3-10(12)9-16(13)11-5-7-14-8-6-11;/h1-4,9,11,14H,5-8H2,(H,15,17);/q-1;. The summed E-state index contributed by atoms with van der Waals surface area (Å²) in [5.74, 6) is 0. The van der Waals surface area contributed by atoms with Crippen molar-refractivity contribution in [2.45, 2.75) is 18.9 Å². The molecule has 0 bridgehead atoms. The number of rotatable bonds is 1. The summed E-state index contributed by atoms with van der Waals surface area (Å²) in [6, 6.07) is 8.22. The van der Waals surface area contributed by atoms with Crippen molar-refractivity contribution >= 4 is 11.7 Å². The van der Waals surface area contributed by atoms with Crippen LogP contribution in [0.2, 0.25) is 0 Å². The van der Waals surface area contributed by atoms with Crippen LogP contribution in [0.4, 0.5) is 10.5 Å². The normalized spacial score (nSPS) is 19.3. The van der Waals surface area contributed by atoms with E-state index in [-0.39, 0.29) is 38.7 Å². The first-order valence-electron chi connectivity index (χ1n) is 6.08. The molecule has 2 aliphatic rings. The van der Waals surface area contributed by atoms with Crippen LogP contribution in [0.3, 0.4) is 0 Å². The maximum Gasteiger partial charge on any atom is 0.303 e. The Morgan fingerprint density at radius 1 is 1.22 bits per heavy atom. The second-order valence-electron chi connectivity index (χ2n) is 4.53. The molecule has 0 unspecified atom stereocenters. The first-order valence-corrected chi connectivity index (χ1v) is 6.08. The van der Waals surface area contributed by atoms with Gasteiger partial charge in [-0.05, 0) is 25.9 Å². The van der Waals surface area contributed by atoms with Gasteiger partial charge in [0.2, 0.25) is 0 Å². The number of hydrogen-bond donors (Lipinski definition) is 2. The molecule has 5 heteroatoms. The Kier molecular flexibility index (Phi) is 4.65. The second-order valence-corrected chi connectivity index (χ2v) is 4.53. The van der Waals surface area contributed by atoms with Gasteiger partial charge in [-0.1, -0.05) is 24.4 Å². The Labute approximate surface area is 132 Å². The molecule has 0 aromatic heterocycles. The fourth-order valence-corrected chi connectivity index (χ4v) is 2.47. The molecular weight excluding hydrogens is 303 g/mol. The van der Waals surface area contributed by atoms with E-state index < -0.39 is 0 Å². The van der Waals surface area contributed by atoms with Crippen molar-refractivity contribution < 1.29 is 37.5 Å². The molecule has 1 radical (unpaired) electrons. The van der Waals surface area contributed by atoms with Gasteiger partial charge in [0, 0.05) is 38.8 Å². The smallest absolute Gasteiger partial charge is 0.303 e. The number of nitrogens with one attached hydrogen (secondary N) is 2. The van der Waals surface area contributed by atoms with Crippen LogP contribution in [0.15, 0.2) is 24.3 Å². The minimum absolute atomic E-state index is 0. The molecule has 0 aliphatic carbocycles. The average Bonchev–Trinajstić information content (AvgIpc) is 2.39. The van der Waals surface area contributed by atoms with Crippen molar-refractivity contribution in [1.29, 1.82) is 0 Å². The van der Waals surface area contributed by atoms with Crippen molar-refractivity contribution in [1.82, 2.24) is 10.2 Å². The van der Waals surface area contributed by atoms with E-state index in [9.17, 15) is 4.79 Å². The van der Waals surface area contributed by atoms with Gasteiger partial charge in [-0.3, -0.25) is 4.79 Å². The van der Waals surface area contributed by atoms with E-state index in [1.54, 1.807) is 0 Å². The maximum atomic E-state index is 12.0. The van der Waals surface area contributed by atoms with Crippen LogP contribution in [0, 0.1) is 6.54 Å². The average molecular weight is 319 g/mol. The number of nitrogens with zero attached hydrogens (tertiary/aromatic N) is 1. The van der Waals surface area contributed by atoms with Gasteiger partial charge in [0.15, 0.2) is 0 Å². The number of benzene rings is 1. The largest absolute Gasteiger partial charge is 0.361 e. The quantitative estimate of drug-likeness (QED) is 0.775. The molecule has 2 aliphatic heterocycles. The van der Waals surface area contributed by atoms with Crippen LogP contribution in [0.25, 0.3) is 0 Å². The Hall–Kier alpha value is -0.576. The van der Waals surface area contributed by atoms with E-state index in [2.05, 4.69) is 10.6 Å². The molecule has 2 N–H and O–H groups in total. The van der Waals surface area contributed by atoms with Gasteiger partial charge in [-0.15, -0.1) is 11.6 Å². The van der Waals surface area contributed by atoms with Gasteiger partial charge >= 0.3 is 6.03 Å². The minimum atomic E-state index is -0.00407. The monoisotopic (exact) mass is 319 g/mol. The third-order valence-corrected chi connectivity index (χ3v) is 3.42. The molecule has 0 spiro atoms. The number of anilines is 1. The molecule has 18 heavy (non-hydrogen) atoms. The molecule has 1 saturated heterocycles. The summed E-state index contributed by atoms with van der Waals surface area (Å²) in [6.45, 7) is 3.96. The molecular formula is C13H16N3OY-. The minimum Gasteiger partial charge on any atom is -0.361 e. The number of carbonyl (C=O) groups is 1. The zero-order valence-electron chi connectivity index (χ0n) is 10.2. The zero-order valence-corrected chi connectivity index (χ0v) is 13.1. The molecule has 1 aromatic rings. The van der Waals surface area contributed by atoms with Crippen LogP contribution in [0.1, 0.15) is 18.4 Å². The first-order chi connectivity index (χ1) is 8.34. The molecule has 4 nitrogen and oxygen atoms in total. The molecule has 2 amide bonds. The van der Waals surface area contributed by atoms with Gasteiger partial charge < -0.3 is 15.5 Å². The van der Waals surface area contributed by atoms with Crippen LogP contribution in [0.5, 0.6) is 0 Å². The molecule has 2 heterocycles. The molecule has 0 saturated carbocycles. The Morgan fingerprint density at radius 3 is 2.72 bits per heavy atom. The first kappa shape index (κ1) is 13.8. The van der Waals surface area contributed by atoms with Crippen molar-refractivity contribution in [3.05, 3.63) is 36.4 Å². The summed E-state index contributed by atoms with van der Waals surface area (Å²) >= 11 is 0. The topological polar surface area (TPSA) is 44.4 Å². The van der Waals surface area contributed by atoms with E-state index in [1.165, 1.54) is 0 Å². The number of carbonyl (C=O) groups excluding carboxylic acids is 1. The van der Waals surface area contributed by atoms with Crippen LogP contribution in [-0.4, -0.2) is 30.1 Å². The zero-order chi connectivity index (χ0) is 11.7. The number of amides is 2. The Bertz CT molecular complexity index is 432. The van der Waals surface area contributed by atoms with E-state index in [4.69, 9.17) is 0 Å². The summed E-state index contributed by atoms with van der Waals surface area (Å²) in [5.41, 5.74) is 1.99. The number of urea groups is 1. The third-order valence-electron chi connectivity index (χ3n) is 3.42. The summed E-state index contributed by atoms with van der Waals surface area (Å²) in [4.78, 5) is 13.9. The van der Waals surface area contributed by atoms with Gasteiger partial charge in [0.05, 0.1) is 0 Å². The fourth-order valence-electron chi connectivity index (χ4n) is 2.47. The second kappa shape index (κ2) is 6.04. The summed E-state index contributed by atoms with van der Waals surface area (Å²) < 4.78 is 0. The van der Waals surface area contributed by atoms with Gasteiger partial charge in [-0.2, -0.15) is 6.07 Å². The van der Waals surface area contributed by atoms with E-state index in [0.29, 0.717) is 6.04 Å². The predicted molar refractivity (Wildman–Crippen MR) is 66.6 cm³/mol. The van der Waals surface area contributed by atoms with Crippen LogP contribution in [-0.2, 0) is 32.7 Å². The van der Waals surface area contributed by atoms with Gasteiger partial charge in [0.25, 0.3) is 0 Å². The predicted octanol–water partition coefficient (Wildman–Crippen LogP) is 1.79. The van der Waals surface area contributed by atoms with Crippen molar-refractivity contribution in [3.63, 3.8) is 0 Å². The molecule has 1 fully saturated rings. The Balaban J connectivity index is 0.00000120. The van der Waals surface area contributed by atoms with Crippen LogP contribution < -0.4 is 10.6 Å². The summed E-state index contributed by atoms with van der Waals surface area (Å²) in [5, 5.41) is 6.26. The SMILES string of the molecule is O=C1Nc2ccccc2[CH-]N1C1CCNCC1.[Y]. The number of hydrogen-bond acceptors (Lipinski definition) is 2. The van der Waals surface area contributed by atoms with Gasteiger partial charge in [-0.25, -0.2) is 0 Å². The van der Waals surface area contributed by atoms with Gasteiger partial charge in [0.1, 0.15) is 0 Å². The van der Waals surface area contributed by atoms with Crippen LogP contribution >= 0.6 is 0 Å². The van der Waals surface area contributed by atoms with E-state index in [1.807, 2.05) is 35.7 Å². The van der Waals surface area contributed by atoms with E-state index in [0.717, 1.165) is 37.2 Å². The van der Waals surface area contributed by atoms with Crippen molar-refractivity contribution in [2.24, 2.45) is 0 Å². The number of piperidine rings is 1. The maximum absolute atomic E-state index is 12.0. The van der Waals surface area contributed by atoms with Crippen molar-refractivity contribution in [3.8, 4) is 0 Å². The third kappa shape index (κ3) is 2.71. The molecule has 0 atom stereocenters. The molecule has 3 rings (SSSR count). The fraction of sp³-hybridized carbons (Fsp3) is 0.385. The number of para-hydroxylation sites is 1. The summed E-state index contributed by atoms with van der Waals surface area (Å²) in [6.07, 6.45) is 2.04. The van der Waals surface area contributed by atoms with Crippen molar-refractivity contribution in [2.75, 3.05) is 18.4 Å². The number of fused-ring (bicyclic) bond motifs is 1. The Morgan fingerprint density at radius 2 is 1.94 bits per heavy atom.